The summed E-state index contributed by atoms with van der Waals surface area (Å²) in [4.78, 5) is 41.9. The van der Waals surface area contributed by atoms with Crippen LogP contribution in [0.4, 0.5) is 4.39 Å². The van der Waals surface area contributed by atoms with Crippen LogP contribution in [-0.4, -0.2) is 52.9 Å². The van der Waals surface area contributed by atoms with Crippen molar-refractivity contribution in [3.63, 3.8) is 0 Å². The Morgan fingerprint density at radius 1 is 0.950 bits per heavy atom. The number of carbonyl (C=O) groups is 3. The van der Waals surface area contributed by atoms with Crippen molar-refractivity contribution in [3.05, 3.63) is 76.2 Å². The number of hydrogen-bond acceptors (Lipinski definition) is 10. The molecule has 11 heteroatoms. The van der Waals surface area contributed by atoms with Crippen LogP contribution in [0.5, 0.6) is 0 Å². The molecule has 8 nitrogen and oxygen atoms in total. The van der Waals surface area contributed by atoms with Gasteiger partial charge in [-0.25, -0.2) is 4.98 Å². The summed E-state index contributed by atoms with van der Waals surface area (Å²) in [5.41, 5.74) is 2.96. The van der Waals surface area contributed by atoms with Crippen LogP contribution in [0.2, 0.25) is 0 Å². The summed E-state index contributed by atoms with van der Waals surface area (Å²) in [6, 6.07) is 12.9. The average molecular weight is 588 g/mol. The van der Waals surface area contributed by atoms with Crippen molar-refractivity contribution >= 4 is 41.0 Å². The highest BCUT2D eigenvalue weighted by atomic mass is 32.2. The summed E-state index contributed by atoms with van der Waals surface area (Å²) in [6.07, 6.45) is 0.0324. The number of nitrogens with zero attached hydrogens (tertiary/aromatic N) is 1. The van der Waals surface area contributed by atoms with Crippen molar-refractivity contribution in [2.24, 2.45) is 0 Å². The Bertz CT molecular complexity index is 1380. The van der Waals surface area contributed by atoms with E-state index in [1.807, 2.05) is 37.3 Å². The lowest BCUT2D eigenvalue weighted by Crippen LogP contribution is -2.57. The number of ether oxygens (including phenoxy) is 4. The third-order valence-corrected chi connectivity index (χ3v) is 8.35. The molecule has 1 aromatic carbocycles. The van der Waals surface area contributed by atoms with Crippen molar-refractivity contribution in [2.75, 3.05) is 6.26 Å². The number of aromatic nitrogens is 1. The van der Waals surface area contributed by atoms with Crippen molar-refractivity contribution in [1.82, 2.24) is 4.98 Å². The molecule has 0 aliphatic carbocycles. The van der Waals surface area contributed by atoms with Crippen LogP contribution in [0.3, 0.4) is 0 Å². The first-order valence-corrected chi connectivity index (χ1v) is 14.7. The van der Waals surface area contributed by atoms with Gasteiger partial charge in [-0.3, -0.25) is 14.4 Å². The highest BCUT2D eigenvalue weighted by Gasteiger charge is 2.52. The predicted molar refractivity (Wildman–Crippen MR) is 149 cm³/mol. The molecule has 3 aromatic rings. The molecule has 0 amide bonds. The Morgan fingerprint density at radius 3 is 2.25 bits per heavy atom. The van der Waals surface area contributed by atoms with E-state index in [1.54, 1.807) is 23.7 Å². The minimum absolute atomic E-state index is 0.524. The number of aryl methyl sites for hydroxylation is 1. The van der Waals surface area contributed by atoms with Gasteiger partial charge in [0.05, 0.1) is 0 Å². The number of halogens is 1. The maximum absolute atomic E-state index is 13.2. The molecule has 1 fully saturated rings. The fraction of sp³-hybridized carbons (Fsp3) is 0.379. The lowest BCUT2D eigenvalue weighted by Gasteiger charge is -2.44. The Balaban J connectivity index is 1.67. The monoisotopic (exact) mass is 587 g/mol. The first-order chi connectivity index (χ1) is 19.0. The van der Waals surface area contributed by atoms with Crippen LogP contribution < -0.4 is 0 Å². The van der Waals surface area contributed by atoms with Gasteiger partial charge in [0.2, 0.25) is 5.95 Å². The molecule has 1 aliphatic rings. The quantitative estimate of drug-likeness (QED) is 0.195. The van der Waals surface area contributed by atoms with E-state index in [2.05, 4.69) is 4.98 Å². The average Bonchev–Trinajstić information content (AvgIpc) is 3.35. The van der Waals surface area contributed by atoms with Crippen LogP contribution in [0.25, 0.3) is 10.4 Å². The first kappa shape index (κ1) is 29.7. The molecule has 4 rings (SSSR count). The molecule has 3 heterocycles. The van der Waals surface area contributed by atoms with E-state index in [0.717, 1.165) is 32.0 Å². The molecule has 5 atom stereocenters. The minimum atomic E-state index is -1.07. The van der Waals surface area contributed by atoms with Crippen molar-refractivity contribution in [3.8, 4) is 10.4 Å². The summed E-state index contributed by atoms with van der Waals surface area (Å²) in [7, 11) is 0. The predicted octanol–water partition coefficient (Wildman–Crippen LogP) is 5.40. The van der Waals surface area contributed by atoms with Crippen LogP contribution in [0, 0.1) is 12.9 Å². The summed E-state index contributed by atoms with van der Waals surface area (Å²) >= 11 is 2.89. The summed E-state index contributed by atoms with van der Waals surface area (Å²) in [5.74, 6) is -2.29. The second-order valence-corrected chi connectivity index (χ2v) is 11.5. The van der Waals surface area contributed by atoms with Gasteiger partial charge in [0.15, 0.2) is 18.3 Å². The lowest BCUT2D eigenvalue weighted by molar-refractivity contribution is -0.233. The number of hydrogen-bond donors (Lipinski definition) is 0. The Hall–Kier alpha value is -3.28. The van der Waals surface area contributed by atoms with Gasteiger partial charge in [-0.1, -0.05) is 18.2 Å². The fourth-order valence-electron chi connectivity index (χ4n) is 4.63. The Morgan fingerprint density at radius 2 is 1.62 bits per heavy atom. The number of benzene rings is 1. The second kappa shape index (κ2) is 12.9. The Labute approximate surface area is 240 Å². The largest absolute Gasteiger partial charge is 0.455 e. The van der Waals surface area contributed by atoms with Gasteiger partial charge in [0.25, 0.3) is 0 Å². The van der Waals surface area contributed by atoms with E-state index in [-0.39, 0.29) is 0 Å². The fourth-order valence-corrected chi connectivity index (χ4v) is 6.36. The van der Waals surface area contributed by atoms with E-state index in [9.17, 15) is 18.8 Å². The molecule has 0 saturated carbocycles. The topological polar surface area (TPSA) is 101 Å². The normalized spacial score (nSPS) is 22.4. The number of rotatable bonds is 8. The van der Waals surface area contributed by atoms with Crippen molar-refractivity contribution < 1.29 is 37.7 Å². The molecule has 0 spiro atoms. The first-order valence-electron chi connectivity index (χ1n) is 12.6. The zero-order valence-electron chi connectivity index (χ0n) is 22.7. The van der Waals surface area contributed by atoms with Crippen LogP contribution in [0.15, 0.2) is 48.7 Å². The molecule has 212 valence electrons. The van der Waals surface area contributed by atoms with E-state index in [4.69, 9.17) is 18.9 Å². The van der Waals surface area contributed by atoms with E-state index in [0.29, 0.717) is 6.42 Å². The number of esters is 3. The van der Waals surface area contributed by atoms with Gasteiger partial charge in [0.1, 0.15) is 11.5 Å². The highest BCUT2D eigenvalue weighted by molar-refractivity contribution is 7.99. The van der Waals surface area contributed by atoms with Crippen molar-refractivity contribution in [2.45, 2.75) is 64.0 Å². The van der Waals surface area contributed by atoms with Crippen molar-refractivity contribution in [1.29, 1.82) is 0 Å². The molecule has 40 heavy (non-hydrogen) atoms. The van der Waals surface area contributed by atoms with E-state index < -0.39 is 53.7 Å². The number of pyridine rings is 1. The summed E-state index contributed by atoms with van der Waals surface area (Å²) in [5, 5.41) is 0. The number of carbonyl (C=O) groups excluding carboxylic acids is 3. The molecular weight excluding hydrogens is 557 g/mol. The Kier molecular flexibility index (Phi) is 9.60. The highest BCUT2D eigenvalue weighted by Crippen LogP contribution is 2.41. The summed E-state index contributed by atoms with van der Waals surface area (Å²) in [6.45, 7) is 5.76. The zero-order chi connectivity index (χ0) is 29.0. The molecular formula is C29H30FNO7S2. The van der Waals surface area contributed by atoms with Gasteiger partial charge >= 0.3 is 17.9 Å². The van der Waals surface area contributed by atoms with Gasteiger partial charge < -0.3 is 18.9 Å². The molecule has 2 aromatic heterocycles. The SMILES string of the molecule is CS[C@H]1OC(c2ccc(C)c(Cc3ccc(-c4ccc(F)nc4)s3)c2)[C@H](OC(C)=O)[C@@H](OC(C)=O)[C@@H]1OC(C)=O. The van der Waals surface area contributed by atoms with Gasteiger partial charge in [-0.15, -0.1) is 23.1 Å². The van der Waals surface area contributed by atoms with Crippen LogP contribution in [0.1, 0.15) is 48.4 Å². The maximum atomic E-state index is 13.2. The lowest BCUT2D eigenvalue weighted by atomic mass is 9.91. The number of thiophene rings is 1. The third-order valence-electron chi connectivity index (χ3n) is 6.37. The molecule has 0 N–H and O–H groups in total. The van der Waals surface area contributed by atoms with E-state index >= 15 is 0 Å². The molecule has 0 radical (unpaired) electrons. The van der Waals surface area contributed by atoms with Crippen LogP contribution in [-0.2, 0) is 39.8 Å². The summed E-state index contributed by atoms with van der Waals surface area (Å²) < 4.78 is 36.3. The standard InChI is InChI=1S/C29H30FNO7S2/c1-15-6-7-19(12-21(15)13-22-9-10-23(40-22)20-8-11-24(30)31-14-20)25-26(35-16(2)32)27(36-17(3)33)28(37-18(4)34)29(38-25)39-5/h6-12,14,25-29H,13H2,1-5H3/t25?,26-,27+,28-,29+/m0/s1. The smallest absolute Gasteiger partial charge is 0.303 e. The molecule has 0 bridgehead atoms. The zero-order valence-corrected chi connectivity index (χ0v) is 24.3. The molecule has 1 saturated heterocycles. The molecule has 1 unspecified atom stereocenters. The van der Waals surface area contributed by atoms with Gasteiger partial charge in [-0.2, -0.15) is 4.39 Å². The third kappa shape index (κ3) is 7.07. The van der Waals surface area contributed by atoms with E-state index in [1.165, 1.54) is 44.8 Å². The maximum Gasteiger partial charge on any atom is 0.303 e. The van der Waals surface area contributed by atoms with Crippen LogP contribution >= 0.6 is 23.1 Å². The van der Waals surface area contributed by atoms with Gasteiger partial charge in [-0.05, 0) is 54.1 Å². The minimum Gasteiger partial charge on any atom is -0.455 e. The van der Waals surface area contributed by atoms with Gasteiger partial charge in [0, 0.05) is 48.7 Å². The number of thioether (sulfide) groups is 1. The second-order valence-electron chi connectivity index (χ2n) is 9.38. The molecule has 1 aliphatic heterocycles.